The van der Waals surface area contributed by atoms with E-state index >= 15 is 0 Å². The van der Waals surface area contributed by atoms with Crippen LogP contribution in [-0.4, -0.2) is 18.9 Å². The fraction of sp³-hybridized carbons (Fsp3) is 0.500. The normalized spacial score (nSPS) is 13.1. The number of benzene rings is 1. The fourth-order valence-electron chi connectivity index (χ4n) is 1.82. The van der Waals surface area contributed by atoms with Gasteiger partial charge in [0.1, 0.15) is 5.75 Å². The highest BCUT2D eigenvalue weighted by molar-refractivity contribution is 5.51. The average molecular weight is 275 g/mol. The quantitative estimate of drug-likeness (QED) is 0.662. The van der Waals surface area contributed by atoms with Gasteiger partial charge < -0.3 is 19.5 Å². The van der Waals surface area contributed by atoms with Crippen molar-refractivity contribution in [2.45, 2.75) is 39.3 Å². The van der Waals surface area contributed by atoms with Gasteiger partial charge in [-0.25, -0.2) is 0 Å². The van der Waals surface area contributed by atoms with E-state index in [0.29, 0.717) is 19.6 Å². The predicted molar refractivity (Wildman–Crippen MR) is 78.1 cm³/mol. The molecule has 1 heterocycles. The molecule has 0 bridgehead atoms. The molecule has 0 unspecified atom stereocenters. The summed E-state index contributed by atoms with van der Waals surface area (Å²) in [6.45, 7) is 7.83. The van der Waals surface area contributed by atoms with Gasteiger partial charge in [0.15, 0.2) is 11.5 Å². The Morgan fingerprint density at radius 2 is 2.00 bits per heavy atom. The molecule has 1 N–H and O–H groups in total. The van der Waals surface area contributed by atoms with Crippen molar-refractivity contribution in [2.75, 3.05) is 13.4 Å². The summed E-state index contributed by atoms with van der Waals surface area (Å²) in [5, 5.41) is 3.44. The van der Waals surface area contributed by atoms with Crippen LogP contribution in [0.4, 0.5) is 0 Å². The van der Waals surface area contributed by atoms with Gasteiger partial charge in [-0.2, -0.15) is 0 Å². The summed E-state index contributed by atoms with van der Waals surface area (Å²) in [4.78, 5) is 0. The molecule has 108 valence electrons. The SMILES string of the molecule is C#CCCOc1cc2c(cc1CNC(C)(C)C)OCO2. The molecule has 0 aromatic heterocycles. The van der Waals surface area contributed by atoms with Gasteiger partial charge in [-0.05, 0) is 26.8 Å². The van der Waals surface area contributed by atoms with Crippen LogP contribution in [0.3, 0.4) is 0 Å². The summed E-state index contributed by atoms with van der Waals surface area (Å²) >= 11 is 0. The number of terminal acetylenes is 1. The number of fused-ring (bicyclic) bond motifs is 1. The molecular formula is C16H21NO3. The van der Waals surface area contributed by atoms with Crippen molar-refractivity contribution < 1.29 is 14.2 Å². The Kier molecular flexibility index (Phi) is 4.41. The summed E-state index contributed by atoms with van der Waals surface area (Å²) in [6.07, 6.45) is 5.83. The standard InChI is InChI=1S/C16H21NO3/c1-5-6-7-18-13-9-15-14(19-11-20-15)8-12(13)10-17-16(2,3)4/h1,8-9,17H,6-7,10-11H2,2-4H3. The van der Waals surface area contributed by atoms with Gasteiger partial charge in [-0.3, -0.25) is 0 Å². The summed E-state index contributed by atoms with van der Waals surface area (Å²) < 4.78 is 16.5. The molecule has 4 nitrogen and oxygen atoms in total. The van der Waals surface area contributed by atoms with Crippen LogP contribution in [0, 0.1) is 12.3 Å². The first-order valence-corrected chi connectivity index (χ1v) is 6.73. The van der Waals surface area contributed by atoms with E-state index in [1.54, 1.807) is 0 Å². The van der Waals surface area contributed by atoms with Crippen LogP contribution in [0.1, 0.15) is 32.8 Å². The lowest BCUT2D eigenvalue weighted by molar-refractivity contribution is 0.173. The van der Waals surface area contributed by atoms with E-state index in [-0.39, 0.29) is 12.3 Å². The van der Waals surface area contributed by atoms with Gasteiger partial charge in [-0.1, -0.05) is 0 Å². The Hall–Kier alpha value is -1.86. The van der Waals surface area contributed by atoms with E-state index in [9.17, 15) is 0 Å². The van der Waals surface area contributed by atoms with Crippen LogP contribution in [-0.2, 0) is 6.54 Å². The van der Waals surface area contributed by atoms with Gasteiger partial charge in [0, 0.05) is 30.1 Å². The molecule has 20 heavy (non-hydrogen) atoms. The highest BCUT2D eigenvalue weighted by atomic mass is 16.7. The van der Waals surface area contributed by atoms with Crippen LogP contribution in [0.5, 0.6) is 17.2 Å². The Morgan fingerprint density at radius 1 is 1.30 bits per heavy atom. The highest BCUT2D eigenvalue weighted by Gasteiger charge is 2.19. The number of nitrogens with one attached hydrogen (secondary N) is 1. The average Bonchev–Trinajstić information content (AvgIpc) is 2.82. The van der Waals surface area contributed by atoms with Crippen molar-refractivity contribution in [1.82, 2.24) is 5.32 Å². The lowest BCUT2D eigenvalue weighted by atomic mass is 10.1. The van der Waals surface area contributed by atoms with E-state index in [0.717, 1.165) is 22.8 Å². The minimum Gasteiger partial charge on any atom is -0.492 e. The smallest absolute Gasteiger partial charge is 0.231 e. The first kappa shape index (κ1) is 14.5. The Labute approximate surface area is 120 Å². The minimum absolute atomic E-state index is 0.0342. The second kappa shape index (κ2) is 6.06. The zero-order valence-corrected chi connectivity index (χ0v) is 12.3. The van der Waals surface area contributed by atoms with E-state index in [1.165, 1.54) is 0 Å². The van der Waals surface area contributed by atoms with Crippen molar-refractivity contribution in [3.63, 3.8) is 0 Å². The predicted octanol–water partition coefficient (Wildman–Crippen LogP) is 2.71. The highest BCUT2D eigenvalue weighted by Crippen LogP contribution is 2.38. The molecular weight excluding hydrogens is 254 g/mol. The maximum Gasteiger partial charge on any atom is 0.231 e. The lowest BCUT2D eigenvalue weighted by Gasteiger charge is -2.22. The number of rotatable bonds is 5. The maximum absolute atomic E-state index is 5.75. The van der Waals surface area contributed by atoms with Crippen LogP contribution in [0.15, 0.2) is 12.1 Å². The summed E-state index contributed by atoms with van der Waals surface area (Å²) in [5.74, 6) is 4.85. The molecule has 2 rings (SSSR count). The van der Waals surface area contributed by atoms with Crippen LogP contribution in [0.25, 0.3) is 0 Å². The van der Waals surface area contributed by atoms with Crippen molar-refractivity contribution in [3.05, 3.63) is 17.7 Å². The van der Waals surface area contributed by atoms with E-state index in [2.05, 4.69) is 32.0 Å². The third-order valence-corrected chi connectivity index (χ3v) is 2.87. The number of hydrogen-bond acceptors (Lipinski definition) is 4. The largest absolute Gasteiger partial charge is 0.492 e. The number of hydrogen-bond donors (Lipinski definition) is 1. The Morgan fingerprint density at radius 3 is 2.65 bits per heavy atom. The number of ether oxygens (including phenoxy) is 3. The van der Waals surface area contributed by atoms with Crippen LogP contribution in [0.2, 0.25) is 0 Å². The Balaban J connectivity index is 2.16. The minimum atomic E-state index is 0.0342. The zero-order valence-electron chi connectivity index (χ0n) is 12.3. The molecule has 0 saturated carbocycles. The van der Waals surface area contributed by atoms with Gasteiger partial charge >= 0.3 is 0 Å². The summed E-state index contributed by atoms with van der Waals surface area (Å²) in [7, 11) is 0. The molecule has 4 heteroatoms. The first-order valence-electron chi connectivity index (χ1n) is 6.73. The molecule has 0 amide bonds. The van der Waals surface area contributed by atoms with E-state index in [4.69, 9.17) is 20.6 Å². The third kappa shape index (κ3) is 3.82. The monoisotopic (exact) mass is 275 g/mol. The molecule has 0 spiro atoms. The topological polar surface area (TPSA) is 39.7 Å². The first-order chi connectivity index (χ1) is 9.49. The molecule has 1 aromatic carbocycles. The van der Waals surface area contributed by atoms with Crippen molar-refractivity contribution >= 4 is 0 Å². The van der Waals surface area contributed by atoms with Crippen molar-refractivity contribution in [3.8, 4) is 29.6 Å². The molecule has 0 atom stereocenters. The van der Waals surface area contributed by atoms with Crippen LogP contribution < -0.4 is 19.5 Å². The van der Waals surface area contributed by atoms with Crippen LogP contribution >= 0.6 is 0 Å². The molecule has 1 aliphatic heterocycles. The Bertz CT molecular complexity index is 512. The molecule has 1 aliphatic rings. The summed E-state index contributed by atoms with van der Waals surface area (Å²) in [6, 6.07) is 3.84. The molecule has 0 radical (unpaired) electrons. The van der Waals surface area contributed by atoms with E-state index < -0.39 is 0 Å². The van der Waals surface area contributed by atoms with Gasteiger partial charge in [-0.15, -0.1) is 12.3 Å². The third-order valence-electron chi connectivity index (χ3n) is 2.87. The molecule has 0 fully saturated rings. The second-order valence-corrected chi connectivity index (χ2v) is 5.72. The van der Waals surface area contributed by atoms with E-state index in [1.807, 2.05) is 12.1 Å². The van der Waals surface area contributed by atoms with Crippen molar-refractivity contribution in [1.29, 1.82) is 0 Å². The maximum atomic E-state index is 5.75. The lowest BCUT2D eigenvalue weighted by Crippen LogP contribution is -2.35. The van der Waals surface area contributed by atoms with Gasteiger partial charge in [0.2, 0.25) is 6.79 Å². The molecule has 1 aromatic rings. The molecule has 0 saturated heterocycles. The van der Waals surface area contributed by atoms with Gasteiger partial charge in [0.25, 0.3) is 0 Å². The fourth-order valence-corrected chi connectivity index (χ4v) is 1.82. The molecule has 0 aliphatic carbocycles. The van der Waals surface area contributed by atoms with Gasteiger partial charge in [0.05, 0.1) is 6.61 Å². The zero-order chi connectivity index (χ0) is 14.6. The second-order valence-electron chi connectivity index (χ2n) is 5.72. The summed E-state index contributed by atoms with van der Waals surface area (Å²) in [5.41, 5.74) is 1.08. The van der Waals surface area contributed by atoms with Crippen molar-refractivity contribution in [2.24, 2.45) is 0 Å².